The zero-order chi connectivity index (χ0) is 22.4. The van der Waals surface area contributed by atoms with Gasteiger partial charge in [0.05, 0.1) is 21.2 Å². The highest BCUT2D eigenvalue weighted by Gasteiger charge is 2.24. The molecule has 1 atom stereocenters. The fourth-order valence-corrected chi connectivity index (χ4v) is 4.85. The fraction of sp³-hybridized carbons (Fsp3) is 0.227. The minimum absolute atomic E-state index is 0.233. The molecule has 1 aromatic heterocycles. The van der Waals surface area contributed by atoms with Gasteiger partial charge >= 0.3 is 0 Å². The Kier molecular flexibility index (Phi) is 8.37. The number of aromatic nitrogens is 1. The van der Waals surface area contributed by atoms with Gasteiger partial charge < -0.3 is 10.6 Å². The summed E-state index contributed by atoms with van der Waals surface area (Å²) in [7, 11) is 0. The second-order valence-electron chi connectivity index (χ2n) is 6.72. The van der Waals surface area contributed by atoms with Crippen molar-refractivity contribution in [3.8, 4) is 10.4 Å². The van der Waals surface area contributed by atoms with E-state index in [0.29, 0.717) is 22.3 Å². The molecule has 0 spiro atoms. The van der Waals surface area contributed by atoms with Crippen LogP contribution in [-0.4, -0.2) is 34.8 Å². The number of amides is 2. The largest absolute Gasteiger partial charge is 0.340 e. The van der Waals surface area contributed by atoms with Gasteiger partial charge in [-0.25, -0.2) is 4.98 Å². The minimum atomic E-state index is -0.726. The van der Waals surface area contributed by atoms with Crippen LogP contribution in [0.2, 0.25) is 10.0 Å². The van der Waals surface area contributed by atoms with Crippen LogP contribution < -0.4 is 10.6 Å². The number of nitrogens with zero attached hydrogens (tertiary/aromatic N) is 1. The minimum Gasteiger partial charge on any atom is -0.340 e. The fourth-order valence-electron chi connectivity index (χ4n) is 2.91. The Hall–Kier alpha value is -2.06. The summed E-state index contributed by atoms with van der Waals surface area (Å²) in [6.45, 7) is 1.91. The topological polar surface area (TPSA) is 71.1 Å². The van der Waals surface area contributed by atoms with Crippen molar-refractivity contribution in [3.05, 3.63) is 69.8 Å². The number of carbonyl (C=O) groups excluding carboxylic acids is 2. The predicted octanol–water partition coefficient (Wildman–Crippen LogP) is 5.92. The molecule has 2 amide bonds. The maximum absolute atomic E-state index is 13.0. The molecule has 3 rings (SSSR count). The van der Waals surface area contributed by atoms with Crippen LogP contribution in [0.4, 0.5) is 5.13 Å². The van der Waals surface area contributed by atoms with Gasteiger partial charge in [0.2, 0.25) is 5.91 Å². The van der Waals surface area contributed by atoms with Crippen LogP contribution in [0.25, 0.3) is 10.4 Å². The van der Waals surface area contributed by atoms with E-state index in [1.54, 1.807) is 23.9 Å². The van der Waals surface area contributed by atoms with Crippen molar-refractivity contribution in [2.45, 2.75) is 19.4 Å². The van der Waals surface area contributed by atoms with Gasteiger partial charge in [0.25, 0.3) is 5.91 Å². The lowest BCUT2D eigenvalue weighted by atomic mass is 10.1. The predicted molar refractivity (Wildman–Crippen MR) is 132 cm³/mol. The normalized spacial score (nSPS) is 11.7. The molecule has 0 saturated heterocycles. The summed E-state index contributed by atoms with van der Waals surface area (Å²) in [6, 6.07) is 13.8. The summed E-state index contributed by atoms with van der Waals surface area (Å²) in [5, 5.41) is 6.80. The molecule has 3 aromatic rings. The number of halogens is 2. The molecule has 2 aromatic carbocycles. The Morgan fingerprint density at radius 2 is 1.90 bits per heavy atom. The van der Waals surface area contributed by atoms with Crippen LogP contribution in [0.5, 0.6) is 0 Å². The maximum Gasteiger partial charge on any atom is 0.253 e. The summed E-state index contributed by atoms with van der Waals surface area (Å²) in [4.78, 5) is 31.1. The first-order valence-corrected chi connectivity index (χ1v) is 12.4. The molecule has 2 N–H and O–H groups in total. The van der Waals surface area contributed by atoms with Crippen molar-refractivity contribution in [1.29, 1.82) is 0 Å². The van der Waals surface area contributed by atoms with Crippen molar-refractivity contribution in [3.63, 3.8) is 0 Å². The molecule has 0 aliphatic rings. The Morgan fingerprint density at radius 1 is 1.16 bits per heavy atom. The second kappa shape index (κ2) is 11.0. The number of carbonyl (C=O) groups is 2. The average molecular weight is 494 g/mol. The molecule has 0 aliphatic carbocycles. The molecular weight excluding hydrogens is 473 g/mol. The Labute approximate surface area is 199 Å². The molecular formula is C22H21Cl2N3O2S2. The third-order valence-corrected chi connectivity index (χ3v) is 6.78. The zero-order valence-corrected chi connectivity index (χ0v) is 20.1. The number of nitrogens with one attached hydrogen (secondary N) is 2. The van der Waals surface area contributed by atoms with Crippen molar-refractivity contribution in [1.82, 2.24) is 10.3 Å². The molecule has 31 heavy (non-hydrogen) atoms. The highest BCUT2D eigenvalue weighted by molar-refractivity contribution is 7.98. The Morgan fingerprint density at radius 3 is 2.58 bits per heavy atom. The molecule has 1 unspecified atom stereocenters. The summed E-state index contributed by atoms with van der Waals surface area (Å²) < 4.78 is 0. The van der Waals surface area contributed by atoms with E-state index in [9.17, 15) is 9.59 Å². The molecule has 0 fully saturated rings. The molecule has 162 valence electrons. The smallest absolute Gasteiger partial charge is 0.253 e. The first-order valence-electron chi connectivity index (χ1n) is 9.47. The van der Waals surface area contributed by atoms with E-state index >= 15 is 0 Å². The van der Waals surface area contributed by atoms with Gasteiger partial charge in [-0.15, -0.1) is 0 Å². The quantitative estimate of drug-likeness (QED) is 0.408. The zero-order valence-electron chi connectivity index (χ0n) is 16.9. The standard InChI is InChI=1S/C22H21Cl2N3O2S2/c1-13-19(14-6-4-3-5-7-14)31-22(25-13)27-21(29)18(10-11-30-2)26-20(28)16-9-8-15(23)12-17(16)24/h3-9,12,18H,10-11H2,1-2H3,(H,26,28)(H,25,27,29). The van der Waals surface area contributed by atoms with Crippen molar-refractivity contribution in [2.24, 2.45) is 0 Å². The van der Waals surface area contributed by atoms with E-state index in [1.165, 1.54) is 17.4 Å². The molecule has 0 radical (unpaired) electrons. The number of anilines is 1. The summed E-state index contributed by atoms with van der Waals surface area (Å²) in [5.41, 5.74) is 2.15. The van der Waals surface area contributed by atoms with Gasteiger partial charge in [-0.1, -0.05) is 64.9 Å². The van der Waals surface area contributed by atoms with Crippen LogP contribution in [-0.2, 0) is 4.79 Å². The highest BCUT2D eigenvalue weighted by atomic mass is 35.5. The SMILES string of the molecule is CSCCC(NC(=O)c1ccc(Cl)cc1Cl)C(=O)Nc1nc(C)c(-c2ccccc2)s1. The van der Waals surface area contributed by atoms with Gasteiger partial charge in [-0.05, 0) is 49.1 Å². The first-order chi connectivity index (χ1) is 14.9. The molecule has 0 bridgehead atoms. The van der Waals surface area contributed by atoms with Crippen LogP contribution in [0.15, 0.2) is 48.5 Å². The van der Waals surface area contributed by atoms with E-state index in [0.717, 1.165) is 16.1 Å². The molecule has 5 nitrogen and oxygen atoms in total. The highest BCUT2D eigenvalue weighted by Crippen LogP contribution is 2.32. The van der Waals surface area contributed by atoms with E-state index in [2.05, 4.69) is 15.6 Å². The van der Waals surface area contributed by atoms with Gasteiger partial charge in [0, 0.05) is 5.02 Å². The number of benzene rings is 2. The lowest BCUT2D eigenvalue weighted by Crippen LogP contribution is -2.44. The van der Waals surface area contributed by atoms with Crippen molar-refractivity contribution >= 4 is 63.2 Å². The van der Waals surface area contributed by atoms with E-state index in [-0.39, 0.29) is 16.5 Å². The van der Waals surface area contributed by atoms with Gasteiger partial charge in [0.15, 0.2) is 5.13 Å². The van der Waals surface area contributed by atoms with Crippen LogP contribution >= 0.6 is 46.3 Å². The first kappa shape index (κ1) is 23.6. The maximum atomic E-state index is 13.0. The molecule has 1 heterocycles. The van der Waals surface area contributed by atoms with E-state index in [1.807, 2.05) is 43.5 Å². The molecule has 9 heteroatoms. The number of thioether (sulfide) groups is 1. The van der Waals surface area contributed by atoms with Crippen LogP contribution in [0, 0.1) is 6.92 Å². The van der Waals surface area contributed by atoms with Crippen molar-refractivity contribution in [2.75, 3.05) is 17.3 Å². The lowest BCUT2D eigenvalue weighted by molar-refractivity contribution is -0.118. The van der Waals surface area contributed by atoms with E-state index < -0.39 is 11.9 Å². The van der Waals surface area contributed by atoms with Gasteiger partial charge in [-0.3, -0.25) is 9.59 Å². The Balaban J connectivity index is 1.75. The van der Waals surface area contributed by atoms with Gasteiger partial charge in [-0.2, -0.15) is 11.8 Å². The number of thiazole rings is 1. The second-order valence-corrected chi connectivity index (χ2v) is 9.55. The number of hydrogen-bond acceptors (Lipinski definition) is 5. The third kappa shape index (κ3) is 6.23. The van der Waals surface area contributed by atoms with Gasteiger partial charge in [0.1, 0.15) is 6.04 Å². The summed E-state index contributed by atoms with van der Waals surface area (Å²) >= 11 is 15.1. The molecule has 0 aliphatic heterocycles. The third-order valence-electron chi connectivity index (χ3n) is 4.47. The summed E-state index contributed by atoms with van der Waals surface area (Å²) in [5.74, 6) is -0.0390. The van der Waals surface area contributed by atoms with E-state index in [4.69, 9.17) is 23.2 Å². The number of rotatable bonds is 8. The number of hydrogen-bond donors (Lipinski definition) is 2. The summed E-state index contributed by atoms with van der Waals surface area (Å²) in [6.07, 6.45) is 2.42. The molecule has 0 saturated carbocycles. The van der Waals surface area contributed by atoms with Crippen LogP contribution in [0.1, 0.15) is 22.5 Å². The monoisotopic (exact) mass is 493 g/mol. The number of aryl methyl sites for hydroxylation is 1. The van der Waals surface area contributed by atoms with Crippen molar-refractivity contribution < 1.29 is 9.59 Å². The Bertz CT molecular complexity index is 1070. The van der Waals surface area contributed by atoms with Crippen LogP contribution in [0.3, 0.4) is 0 Å². The lowest BCUT2D eigenvalue weighted by Gasteiger charge is -2.18. The average Bonchev–Trinajstić information content (AvgIpc) is 3.11.